The molecule has 0 saturated carbocycles. The number of methoxy groups -OCH3 is 1. The van der Waals surface area contributed by atoms with Crippen molar-refractivity contribution in [3.8, 4) is 5.75 Å². The Balaban J connectivity index is 2.03. The standard InChI is InChI=1S/C15H18N2O5S2/c1-22-14-4-2-3-5-15(14)24(20,21)17-11-10-12-6-8-13(9-7-12)23(16,18)19/h2-9,17H,10-11H2,1H3,(H2,16,18,19). The molecule has 0 heterocycles. The number of rotatable bonds is 7. The summed E-state index contributed by atoms with van der Waals surface area (Å²) >= 11 is 0. The van der Waals surface area contributed by atoms with E-state index in [1.165, 1.54) is 25.3 Å². The fourth-order valence-electron chi connectivity index (χ4n) is 2.09. The van der Waals surface area contributed by atoms with E-state index in [0.29, 0.717) is 6.42 Å². The van der Waals surface area contributed by atoms with E-state index in [9.17, 15) is 16.8 Å². The van der Waals surface area contributed by atoms with Crippen molar-refractivity contribution in [2.24, 2.45) is 5.14 Å². The molecule has 2 aromatic carbocycles. The van der Waals surface area contributed by atoms with Crippen LogP contribution in [0.3, 0.4) is 0 Å². The third-order valence-corrected chi connectivity index (χ3v) is 5.75. The Morgan fingerprint density at radius 3 is 2.21 bits per heavy atom. The summed E-state index contributed by atoms with van der Waals surface area (Å²) in [7, 11) is -6.02. The average Bonchev–Trinajstić information content (AvgIpc) is 2.54. The highest BCUT2D eigenvalue weighted by molar-refractivity contribution is 7.89. The largest absolute Gasteiger partial charge is 0.495 e. The maximum atomic E-state index is 12.3. The number of nitrogens with one attached hydrogen (secondary N) is 1. The fraction of sp³-hybridized carbons (Fsp3) is 0.200. The minimum Gasteiger partial charge on any atom is -0.495 e. The van der Waals surface area contributed by atoms with Gasteiger partial charge in [0.2, 0.25) is 20.0 Å². The monoisotopic (exact) mass is 370 g/mol. The molecule has 0 aliphatic heterocycles. The first kappa shape index (κ1) is 18.4. The van der Waals surface area contributed by atoms with Crippen LogP contribution in [-0.2, 0) is 26.5 Å². The third-order valence-electron chi connectivity index (χ3n) is 3.32. The number of hydrogen-bond acceptors (Lipinski definition) is 5. The molecule has 0 saturated heterocycles. The van der Waals surface area contributed by atoms with Crippen LogP contribution in [0.5, 0.6) is 5.75 Å². The van der Waals surface area contributed by atoms with Gasteiger partial charge < -0.3 is 4.74 Å². The molecule has 130 valence electrons. The molecule has 0 radical (unpaired) electrons. The number of primary sulfonamides is 1. The van der Waals surface area contributed by atoms with Crippen LogP contribution < -0.4 is 14.6 Å². The molecule has 2 aromatic rings. The first-order valence-electron chi connectivity index (χ1n) is 6.98. The summed E-state index contributed by atoms with van der Waals surface area (Å²) in [5.41, 5.74) is 0.783. The fourth-order valence-corrected chi connectivity index (χ4v) is 3.81. The van der Waals surface area contributed by atoms with Gasteiger partial charge in [0.05, 0.1) is 12.0 Å². The highest BCUT2D eigenvalue weighted by Crippen LogP contribution is 2.22. The number of ether oxygens (including phenoxy) is 1. The highest BCUT2D eigenvalue weighted by atomic mass is 32.2. The first-order valence-corrected chi connectivity index (χ1v) is 10.0. The molecule has 2 rings (SSSR count). The van der Waals surface area contributed by atoms with E-state index in [2.05, 4.69) is 4.72 Å². The van der Waals surface area contributed by atoms with Gasteiger partial charge in [0.25, 0.3) is 0 Å². The van der Waals surface area contributed by atoms with Crippen LogP contribution in [0.25, 0.3) is 0 Å². The Hall–Kier alpha value is -1.94. The molecule has 0 bridgehead atoms. The van der Waals surface area contributed by atoms with Crippen LogP contribution in [0.15, 0.2) is 58.3 Å². The molecular formula is C15H18N2O5S2. The molecule has 7 nitrogen and oxygen atoms in total. The Morgan fingerprint density at radius 2 is 1.62 bits per heavy atom. The van der Waals surface area contributed by atoms with E-state index < -0.39 is 20.0 Å². The van der Waals surface area contributed by atoms with Crippen molar-refractivity contribution < 1.29 is 21.6 Å². The summed E-state index contributed by atoms with van der Waals surface area (Å²) in [6.45, 7) is 0.162. The van der Waals surface area contributed by atoms with Gasteiger partial charge in [0, 0.05) is 6.54 Å². The predicted molar refractivity (Wildman–Crippen MR) is 89.7 cm³/mol. The lowest BCUT2D eigenvalue weighted by molar-refractivity contribution is 0.402. The molecule has 0 fully saturated rings. The van der Waals surface area contributed by atoms with Gasteiger partial charge in [-0.05, 0) is 36.2 Å². The smallest absolute Gasteiger partial charge is 0.244 e. The van der Waals surface area contributed by atoms with Crippen molar-refractivity contribution in [3.05, 3.63) is 54.1 Å². The van der Waals surface area contributed by atoms with Crippen molar-refractivity contribution >= 4 is 20.0 Å². The zero-order chi connectivity index (χ0) is 17.8. The normalized spacial score (nSPS) is 12.1. The van der Waals surface area contributed by atoms with Crippen molar-refractivity contribution in [1.82, 2.24) is 4.72 Å². The topological polar surface area (TPSA) is 116 Å². The second-order valence-electron chi connectivity index (χ2n) is 4.99. The van der Waals surface area contributed by atoms with E-state index in [4.69, 9.17) is 9.88 Å². The number of benzene rings is 2. The molecular weight excluding hydrogens is 352 g/mol. The third kappa shape index (κ3) is 4.54. The lowest BCUT2D eigenvalue weighted by atomic mass is 10.2. The second kappa shape index (κ2) is 7.31. The van der Waals surface area contributed by atoms with Gasteiger partial charge in [-0.1, -0.05) is 24.3 Å². The van der Waals surface area contributed by atoms with Gasteiger partial charge in [-0.25, -0.2) is 26.7 Å². The second-order valence-corrected chi connectivity index (χ2v) is 8.28. The molecule has 0 amide bonds. The van der Waals surface area contributed by atoms with Gasteiger partial charge in [-0.15, -0.1) is 0 Å². The van der Waals surface area contributed by atoms with Crippen LogP contribution in [0, 0.1) is 0 Å². The van der Waals surface area contributed by atoms with Gasteiger partial charge in [-0.2, -0.15) is 0 Å². The lowest BCUT2D eigenvalue weighted by Crippen LogP contribution is -2.26. The SMILES string of the molecule is COc1ccccc1S(=O)(=O)NCCc1ccc(S(N)(=O)=O)cc1. The minimum atomic E-state index is -3.73. The van der Waals surface area contributed by atoms with Gasteiger partial charge in [0.15, 0.2) is 0 Å². The Labute approximate surface area is 141 Å². The Bertz CT molecular complexity index is 907. The molecule has 9 heteroatoms. The van der Waals surface area contributed by atoms with Crippen LogP contribution >= 0.6 is 0 Å². The van der Waals surface area contributed by atoms with E-state index >= 15 is 0 Å². The molecule has 0 aromatic heterocycles. The van der Waals surface area contributed by atoms with Crippen LogP contribution in [0.1, 0.15) is 5.56 Å². The van der Waals surface area contributed by atoms with Crippen molar-refractivity contribution in [2.45, 2.75) is 16.2 Å². The van der Waals surface area contributed by atoms with E-state index in [1.807, 2.05) is 0 Å². The molecule has 0 aliphatic carbocycles. The summed E-state index contributed by atoms with van der Waals surface area (Å²) in [6.07, 6.45) is 0.402. The molecule has 0 unspecified atom stereocenters. The number of nitrogens with two attached hydrogens (primary N) is 1. The van der Waals surface area contributed by atoms with Gasteiger partial charge >= 0.3 is 0 Å². The van der Waals surface area contributed by atoms with Gasteiger partial charge in [0.1, 0.15) is 10.6 Å². The number of para-hydroxylation sites is 1. The predicted octanol–water partition coefficient (Wildman–Crippen LogP) is 0.864. The number of sulfonamides is 2. The van der Waals surface area contributed by atoms with Crippen LogP contribution in [0.4, 0.5) is 0 Å². The summed E-state index contributed by atoms with van der Waals surface area (Å²) in [5.74, 6) is 0.266. The van der Waals surface area contributed by atoms with Gasteiger partial charge in [-0.3, -0.25) is 0 Å². The summed E-state index contributed by atoms with van der Waals surface area (Å²) in [5, 5.41) is 5.02. The Morgan fingerprint density at radius 1 is 1.00 bits per heavy atom. The average molecular weight is 370 g/mol. The zero-order valence-corrected chi connectivity index (χ0v) is 14.6. The molecule has 3 N–H and O–H groups in total. The summed E-state index contributed by atoms with van der Waals surface area (Å²) in [6, 6.07) is 12.3. The quantitative estimate of drug-likeness (QED) is 0.750. The summed E-state index contributed by atoms with van der Waals surface area (Å²) in [4.78, 5) is 0.0814. The van der Waals surface area contributed by atoms with Crippen molar-refractivity contribution in [3.63, 3.8) is 0 Å². The minimum absolute atomic E-state index is 0.0147. The van der Waals surface area contributed by atoms with Crippen LogP contribution in [0.2, 0.25) is 0 Å². The maximum absolute atomic E-state index is 12.3. The molecule has 0 atom stereocenters. The Kier molecular flexibility index (Phi) is 5.60. The van der Waals surface area contributed by atoms with E-state index in [1.54, 1.807) is 30.3 Å². The zero-order valence-electron chi connectivity index (χ0n) is 13.0. The highest BCUT2D eigenvalue weighted by Gasteiger charge is 2.18. The first-order chi connectivity index (χ1) is 11.2. The molecule has 24 heavy (non-hydrogen) atoms. The maximum Gasteiger partial charge on any atom is 0.244 e. The van der Waals surface area contributed by atoms with Crippen LogP contribution in [-0.4, -0.2) is 30.5 Å². The van der Waals surface area contributed by atoms with Crippen molar-refractivity contribution in [1.29, 1.82) is 0 Å². The lowest BCUT2D eigenvalue weighted by Gasteiger charge is -2.10. The van der Waals surface area contributed by atoms with Crippen molar-refractivity contribution in [2.75, 3.05) is 13.7 Å². The van der Waals surface area contributed by atoms with E-state index in [0.717, 1.165) is 5.56 Å². The number of hydrogen-bond donors (Lipinski definition) is 2. The molecule has 0 aliphatic rings. The summed E-state index contributed by atoms with van der Waals surface area (Å²) < 4.78 is 54.5. The molecule has 0 spiro atoms. The van der Waals surface area contributed by atoms with E-state index in [-0.39, 0.29) is 22.1 Å².